The van der Waals surface area contributed by atoms with Crippen molar-refractivity contribution >= 4 is 0 Å². The van der Waals surface area contributed by atoms with Crippen molar-refractivity contribution in [3.05, 3.63) is 30.1 Å². The van der Waals surface area contributed by atoms with Crippen molar-refractivity contribution in [1.82, 2.24) is 15.2 Å². The monoisotopic (exact) mass is 231 g/mol. The van der Waals surface area contributed by atoms with Crippen molar-refractivity contribution in [2.75, 3.05) is 13.1 Å². The molecule has 1 aliphatic carbocycles. The Morgan fingerprint density at radius 2 is 2.06 bits per heavy atom. The Bertz CT molecular complexity index is 340. The van der Waals surface area contributed by atoms with Gasteiger partial charge in [-0.05, 0) is 50.4 Å². The van der Waals surface area contributed by atoms with Gasteiger partial charge in [-0.15, -0.1) is 0 Å². The number of likely N-dealkylation sites (tertiary alicyclic amines) is 1. The van der Waals surface area contributed by atoms with Crippen molar-refractivity contribution in [2.24, 2.45) is 0 Å². The first kappa shape index (κ1) is 11.2. The van der Waals surface area contributed by atoms with Crippen LogP contribution in [-0.2, 0) is 6.54 Å². The van der Waals surface area contributed by atoms with Crippen LogP contribution in [0.15, 0.2) is 24.5 Å². The normalized spacial score (nSPS) is 22.8. The molecule has 1 aromatic heterocycles. The average Bonchev–Trinajstić information content (AvgIpc) is 3.23. The van der Waals surface area contributed by atoms with E-state index < -0.39 is 0 Å². The van der Waals surface area contributed by atoms with Crippen LogP contribution in [0.2, 0.25) is 0 Å². The molecular weight excluding hydrogens is 210 g/mol. The number of aromatic nitrogens is 1. The van der Waals surface area contributed by atoms with Gasteiger partial charge in [-0.1, -0.05) is 6.07 Å². The van der Waals surface area contributed by atoms with Crippen LogP contribution in [0, 0.1) is 0 Å². The Labute approximate surface area is 103 Å². The zero-order valence-corrected chi connectivity index (χ0v) is 10.3. The van der Waals surface area contributed by atoms with Crippen molar-refractivity contribution in [1.29, 1.82) is 0 Å². The summed E-state index contributed by atoms with van der Waals surface area (Å²) >= 11 is 0. The van der Waals surface area contributed by atoms with E-state index in [1.165, 1.54) is 44.3 Å². The van der Waals surface area contributed by atoms with Crippen LogP contribution >= 0.6 is 0 Å². The summed E-state index contributed by atoms with van der Waals surface area (Å²) in [4.78, 5) is 6.81. The number of hydrogen-bond acceptors (Lipinski definition) is 3. The highest BCUT2D eigenvalue weighted by Gasteiger charge is 2.31. The maximum absolute atomic E-state index is 4.14. The number of hydrogen-bond donors (Lipinski definition) is 1. The van der Waals surface area contributed by atoms with Gasteiger partial charge in [0.15, 0.2) is 0 Å². The summed E-state index contributed by atoms with van der Waals surface area (Å²) < 4.78 is 0. The number of piperidine rings is 1. The van der Waals surface area contributed by atoms with E-state index in [1.54, 1.807) is 0 Å². The molecule has 3 rings (SSSR count). The van der Waals surface area contributed by atoms with Crippen molar-refractivity contribution in [2.45, 2.75) is 44.3 Å². The van der Waals surface area contributed by atoms with Gasteiger partial charge in [0, 0.05) is 31.0 Å². The van der Waals surface area contributed by atoms with Crippen LogP contribution in [0.4, 0.5) is 0 Å². The highest BCUT2D eigenvalue weighted by Crippen LogP contribution is 2.29. The quantitative estimate of drug-likeness (QED) is 0.856. The van der Waals surface area contributed by atoms with Gasteiger partial charge in [0.05, 0.1) is 0 Å². The molecule has 1 saturated carbocycles. The zero-order chi connectivity index (χ0) is 11.5. The molecule has 2 fully saturated rings. The van der Waals surface area contributed by atoms with Crippen LogP contribution in [-0.4, -0.2) is 35.1 Å². The lowest BCUT2D eigenvalue weighted by Crippen LogP contribution is -2.43. The molecule has 0 atom stereocenters. The lowest BCUT2D eigenvalue weighted by atomic mass is 10.0. The molecule has 1 N–H and O–H groups in total. The number of nitrogens with zero attached hydrogens (tertiary/aromatic N) is 2. The SMILES string of the molecule is c1cncc(CNC2CCN(C3CC3)CC2)c1. The molecule has 1 saturated heterocycles. The maximum Gasteiger partial charge on any atom is 0.0312 e. The lowest BCUT2D eigenvalue weighted by molar-refractivity contribution is 0.189. The Kier molecular flexibility index (Phi) is 3.39. The van der Waals surface area contributed by atoms with Gasteiger partial charge in [-0.3, -0.25) is 4.98 Å². The first-order chi connectivity index (χ1) is 8.42. The Balaban J connectivity index is 1.41. The topological polar surface area (TPSA) is 28.2 Å². The molecule has 0 aromatic carbocycles. The summed E-state index contributed by atoms with van der Waals surface area (Å²) in [6.07, 6.45) is 9.26. The van der Waals surface area contributed by atoms with Crippen molar-refractivity contribution in [3.63, 3.8) is 0 Å². The van der Waals surface area contributed by atoms with E-state index in [1.807, 2.05) is 18.5 Å². The minimum absolute atomic E-state index is 0.699. The Morgan fingerprint density at radius 3 is 2.71 bits per heavy atom. The second-order valence-corrected chi connectivity index (χ2v) is 5.28. The van der Waals surface area contributed by atoms with Crippen LogP contribution in [0.3, 0.4) is 0 Å². The van der Waals surface area contributed by atoms with Gasteiger partial charge < -0.3 is 10.2 Å². The van der Waals surface area contributed by atoms with Gasteiger partial charge in [-0.2, -0.15) is 0 Å². The van der Waals surface area contributed by atoms with E-state index in [0.717, 1.165) is 12.6 Å². The van der Waals surface area contributed by atoms with E-state index in [2.05, 4.69) is 21.3 Å². The molecule has 2 heterocycles. The molecule has 1 aliphatic heterocycles. The molecule has 17 heavy (non-hydrogen) atoms. The third-order valence-electron chi connectivity index (χ3n) is 3.91. The third-order valence-corrected chi connectivity index (χ3v) is 3.91. The first-order valence-electron chi connectivity index (χ1n) is 6.78. The van der Waals surface area contributed by atoms with Crippen molar-refractivity contribution < 1.29 is 0 Å². The number of pyridine rings is 1. The van der Waals surface area contributed by atoms with Crippen LogP contribution in [0.25, 0.3) is 0 Å². The highest BCUT2D eigenvalue weighted by molar-refractivity contribution is 5.08. The smallest absolute Gasteiger partial charge is 0.0312 e. The Morgan fingerprint density at radius 1 is 1.24 bits per heavy atom. The van der Waals surface area contributed by atoms with Crippen LogP contribution in [0.5, 0.6) is 0 Å². The molecule has 0 spiro atoms. The fraction of sp³-hybridized carbons (Fsp3) is 0.643. The van der Waals surface area contributed by atoms with E-state index in [9.17, 15) is 0 Å². The molecular formula is C14H21N3. The fourth-order valence-corrected chi connectivity index (χ4v) is 2.67. The van der Waals surface area contributed by atoms with Gasteiger partial charge in [0.2, 0.25) is 0 Å². The summed E-state index contributed by atoms with van der Waals surface area (Å²) in [5.74, 6) is 0. The van der Waals surface area contributed by atoms with E-state index >= 15 is 0 Å². The van der Waals surface area contributed by atoms with Crippen LogP contribution in [0.1, 0.15) is 31.2 Å². The molecule has 1 aromatic rings. The molecule has 0 amide bonds. The minimum Gasteiger partial charge on any atom is -0.310 e. The van der Waals surface area contributed by atoms with Crippen LogP contribution < -0.4 is 5.32 Å². The predicted molar refractivity (Wildman–Crippen MR) is 68.7 cm³/mol. The lowest BCUT2D eigenvalue weighted by Gasteiger charge is -2.32. The van der Waals surface area contributed by atoms with E-state index in [4.69, 9.17) is 0 Å². The van der Waals surface area contributed by atoms with Gasteiger partial charge in [0.1, 0.15) is 0 Å². The summed E-state index contributed by atoms with van der Waals surface area (Å²) in [5, 5.41) is 3.65. The van der Waals surface area contributed by atoms with E-state index in [0.29, 0.717) is 6.04 Å². The van der Waals surface area contributed by atoms with E-state index in [-0.39, 0.29) is 0 Å². The second kappa shape index (κ2) is 5.15. The van der Waals surface area contributed by atoms with Crippen molar-refractivity contribution in [3.8, 4) is 0 Å². The number of rotatable bonds is 4. The summed E-state index contributed by atoms with van der Waals surface area (Å²) in [7, 11) is 0. The first-order valence-corrected chi connectivity index (χ1v) is 6.78. The maximum atomic E-state index is 4.14. The average molecular weight is 231 g/mol. The third kappa shape index (κ3) is 3.05. The highest BCUT2D eigenvalue weighted by atomic mass is 15.2. The van der Waals surface area contributed by atoms with Gasteiger partial charge in [-0.25, -0.2) is 0 Å². The molecule has 0 bridgehead atoms. The summed E-state index contributed by atoms with van der Waals surface area (Å²) in [6.45, 7) is 3.53. The summed E-state index contributed by atoms with van der Waals surface area (Å²) in [5.41, 5.74) is 1.29. The summed E-state index contributed by atoms with van der Waals surface area (Å²) in [6, 6.07) is 5.78. The molecule has 3 nitrogen and oxygen atoms in total. The largest absolute Gasteiger partial charge is 0.310 e. The predicted octanol–water partition coefficient (Wildman–Crippen LogP) is 1.80. The van der Waals surface area contributed by atoms with Gasteiger partial charge >= 0.3 is 0 Å². The second-order valence-electron chi connectivity index (χ2n) is 5.28. The molecule has 2 aliphatic rings. The standard InChI is InChI=1S/C14H21N3/c1-2-12(10-15-7-1)11-16-13-5-8-17(9-6-13)14-3-4-14/h1-2,7,10,13-14,16H,3-6,8-9,11H2. The molecule has 92 valence electrons. The molecule has 0 unspecified atom stereocenters. The molecule has 0 radical (unpaired) electrons. The minimum atomic E-state index is 0.699. The van der Waals surface area contributed by atoms with Gasteiger partial charge in [0.25, 0.3) is 0 Å². The molecule has 3 heteroatoms. The Hall–Kier alpha value is -0.930. The fourth-order valence-electron chi connectivity index (χ4n) is 2.67. The number of nitrogens with one attached hydrogen (secondary N) is 1. The zero-order valence-electron chi connectivity index (χ0n) is 10.3.